The van der Waals surface area contributed by atoms with E-state index in [0.29, 0.717) is 5.56 Å². The van der Waals surface area contributed by atoms with Crippen LogP contribution >= 0.6 is 11.3 Å². The van der Waals surface area contributed by atoms with Crippen molar-refractivity contribution in [1.29, 1.82) is 0 Å². The van der Waals surface area contributed by atoms with Gasteiger partial charge in [-0.15, -0.1) is 11.3 Å². The predicted molar refractivity (Wildman–Crippen MR) is 124 cm³/mol. The van der Waals surface area contributed by atoms with Crippen LogP contribution in [0.2, 0.25) is 0 Å². The summed E-state index contributed by atoms with van der Waals surface area (Å²) in [6, 6.07) is 23.2. The molecule has 30 heavy (non-hydrogen) atoms. The molecule has 2 N–H and O–H groups in total. The maximum atomic E-state index is 12.9. The number of aryl methyl sites for hydroxylation is 1. The summed E-state index contributed by atoms with van der Waals surface area (Å²) in [5, 5.41) is 7.64. The minimum Gasteiger partial charge on any atom is -0.374 e. The molecule has 0 radical (unpaired) electrons. The molecule has 0 fully saturated rings. The second-order valence-corrected chi connectivity index (χ2v) is 8.30. The molecule has 0 aliphatic rings. The summed E-state index contributed by atoms with van der Waals surface area (Å²) >= 11 is 1.61. The normalized spacial score (nSPS) is 11.7. The monoisotopic (exact) mass is 413 g/mol. The number of thiophene rings is 1. The van der Waals surface area contributed by atoms with Gasteiger partial charge in [-0.3, -0.25) is 9.78 Å². The van der Waals surface area contributed by atoms with Crippen molar-refractivity contribution in [3.63, 3.8) is 0 Å². The summed E-state index contributed by atoms with van der Waals surface area (Å²) in [4.78, 5) is 18.4. The zero-order chi connectivity index (χ0) is 20.9. The van der Waals surface area contributed by atoms with Crippen LogP contribution in [0.25, 0.3) is 0 Å². The third-order valence-electron chi connectivity index (χ3n) is 5.09. The lowest BCUT2D eigenvalue weighted by Crippen LogP contribution is -2.17. The first-order valence-corrected chi connectivity index (χ1v) is 10.6. The zero-order valence-corrected chi connectivity index (χ0v) is 17.7. The average Bonchev–Trinajstić information content (AvgIpc) is 3.07. The lowest BCUT2D eigenvalue weighted by Gasteiger charge is -2.22. The van der Waals surface area contributed by atoms with Gasteiger partial charge in [0.05, 0.1) is 6.04 Å². The van der Waals surface area contributed by atoms with E-state index in [1.807, 2.05) is 72.9 Å². The molecule has 4 nitrogen and oxygen atoms in total. The van der Waals surface area contributed by atoms with E-state index in [1.54, 1.807) is 17.5 Å². The summed E-state index contributed by atoms with van der Waals surface area (Å²) in [6.45, 7) is 4.19. The van der Waals surface area contributed by atoms with Crippen LogP contribution in [0.5, 0.6) is 0 Å². The summed E-state index contributed by atoms with van der Waals surface area (Å²) in [7, 11) is 0. The van der Waals surface area contributed by atoms with Crippen LogP contribution in [0.15, 0.2) is 85.2 Å². The number of amides is 1. The Bertz CT molecular complexity index is 1130. The first kappa shape index (κ1) is 19.9. The Balaban J connectivity index is 1.76. The Kier molecular flexibility index (Phi) is 5.91. The fraction of sp³-hybridized carbons (Fsp3) is 0.120. The van der Waals surface area contributed by atoms with Crippen LogP contribution in [-0.2, 0) is 0 Å². The van der Waals surface area contributed by atoms with E-state index in [1.165, 1.54) is 10.4 Å². The maximum Gasteiger partial charge on any atom is 0.256 e. The number of anilines is 2. The van der Waals surface area contributed by atoms with Crippen molar-refractivity contribution in [2.24, 2.45) is 0 Å². The summed E-state index contributed by atoms with van der Waals surface area (Å²) in [6.07, 6.45) is 3.64. The molecule has 5 heteroatoms. The maximum absolute atomic E-state index is 12.9. The molecule has 2 aromatic heterocycles. The molecule has 1 atom stereocenters. The average molecular weight is 414 g/mol. The van der Waals surface area contributed by atoms with E-state index >= 15 is 0 Å². The molecular formula is C25H23N3OS. The Morgan fingerprint density at radius 3 is 2.30 bits per heavy atom. The number of nitrogens with one attached hydrogen (secondary N) is 2. The van der Waals surface area contributed by atoms with Gasteiger partial charge < -0.3 is 10.6 Å². The molecule has 0 spiro atoms. The minimum absolute atomic E-state index is 0.109. The van der Waals surface area contributed by atoms with Crippen LogP contribution in [0.1, 0.15) is 38.0 Å². The van der Waals surface area contributed by atoms with Crippen LogP contribution in [0.3, 0.4) is 0 Å². The van der Waals surface area contributed by atoms with Gasteiger partial charge in [-0.1, -0.05) is 42.5 Å². The molecule has 150 valence electrons. The molecule has 0 saturated carbocycles. The van der Waals surface area contributed by atoms with Crippen LogP contribution in [0.4, 0.5) is 10.7 Å². The highest BCUT2D eigenvalue weighted by Crippen LogP contribution is 2.41. The number of nitrogens with zero attached hydrogens (tertiary/aromatic N) is 1. The fourth-order valence-corrected chi connectivity index (χ4v) is 4.51. The molecule has 1 amide bonds. The number of hydrogen-bond acceptors (Lipinski definition) is 4. The lowest BCUT2D eigenvalue weighted by molar-refractivity contribution is 0.102. The molecular weight excluding hydrogens is 390 g/mol. The highest BCUT2D eigenvalue weighted by molar-refractivity contribution is 7.16. The second-order valence-electron chi connectivity index (χ2n) is 7.08. The largest absolute Gasteiger partial charge is 0.374 e. The first-order chi connectivity index (χ1) is 14.6. The van der Waals surface area contributed by atoms with Crippen molar-refractivity contribution in [1.82, 2.24) is 4.98 Å². The Morgan fingerprint density at radius 2 is 1.63 bits per heavy atom. The van der Waals surface area contributed by atoms with Crippen molar-refractivity contribution in [3.05, 3.63) is 112 Å². The van der Waals surface area contributed by atoms with Crippen LogP contribution in [0, 0.1) is 13.8 Å². The van der Waals surface area contributed by atoms with Gasteiger partial charge in [0.2, 0.25) is 0 Å². The number of rotatable bonds is 6. The quantitative estimate of drug-likeness (QED) is 0.395. The van der Waals surface area contributed by atoms with E-state index in [2.05, 4.69) is 35.5 Å². The van der Waals surface area contributed by atoms with E-state index in [4.69, 9.17) is 0 Å². The van der Waals surface area contributed by atoms with Crippen molar-refractivity contribution in [3.8, 4) is 0 Å². The zero-order valence-electron chi connectivity index (χ0n) is 16.9. The minimum atomic E-state index is -0.142. The molecule has 2 heterocycles. The number of carbonyl (C=O) groups excluding carboxylic acids is 1. The molecule has 0 aliphatic carbocycles. The van der Waals surface area contributed by atoms with Gasteiger partial charge in [0.25, 0.3) is 5.91 Å². The molecule has 0 aliphatic heterocycles. The molecule has 0 bridgehead atoms. The first-order valence-electron chi connectivity index (χ1n) is 9.81. The van der Waals surface area contributed by atoms with Crippen molar-refractivity contribution in [2.45, 2.75) is 19.9 Å². The van der Waals surface area contributed by atoms with Crippen LogP contribution in [-0.4, -0.2) is 10.9 Å². The van der Waals surface area contributed by atoms with E-state index in [-0.39, 0.29) is 11.9 Å². The Labute approximate surface area is 180 Å². The molecule has 0 unspecified atom stereocenters. The van der Waals surface area contributed by atoms with Crippen molar-refractivity contribution in [2.75, 3.05) is 10.6 Å². The summed E-state index contributed by atoms with van der Waals surface area (Å²) < 4.78 is 0. The Morgan fingerprint density at radius 1 is 0.933 bits per heavy atom. The molecule has 4 aromatic rings. The van der Waals surface area contributed by atoms with Gasteiger partial charge in [-0.2, -0.15) is 0 Å². The highest BCUT2D eigenvalue weighted by atomic mass is 32.1. The van der Waals surface area contributed by atoms with Gasteiger partial charge in [0.1, 0.15) is 5.00 Å². The van der Waals surface area contributed by atoms with Crippen molar-refractivity contribution >= 4 is 27.9 Å². The number of aromatic nitrogens is 1. The van der Waals surface area contributed by atoms with Gasteiger partial charge in [0, 0.05) is 34.1 Å². The van der Waals surface area contributed by atoms with Crippen molar-refractivity contribution < 1.29 is 4.79 Å². The lowest BCUT2D eigenvalue weighted by atomic mass is 9.97. The van der Waals surface area contributed by atoms with E-state index in [0.717, 1.165) is 21.8 Å². The molecule has 4 rings (SSSR count). The summed E-state index contributed by atoms with van der Waals surface area (Å²) in [5.41, 5.74) is 4.92. The third-order valence-corrected chi connectivity index (χ3v) is 6.22. The standard InChI is InChI=1S/C25H23N3OS/c1-17-18(2)30-25(28-24(29)19-10-5-3-6-11-19)22(17)23(20-12-9-15-26-16-20)27-21-13-7-4-8-14-21/h3-16,23,27H,1-2H3,(H,28,29)/t23-/m1/s1. The van der Waals surface area contributed by atoms with E-state index in [9.17, 15) is 4.79 Å². The topological polar surface area (TPSA) is 54.0 Å². The number of pyridine rings is 1. The molecule has 0 saturated heterocycles. The Hall–Kier alpha value is -3.44. The number of para-hydroxylation sites is 1. The van der Waals surface area contributed by atoms with E-state index < -0.39 is 0 Å². The number of hydrogen-bond donors (Lipinski definition) is 2. The second kappa shape index (κ2) is 8.93. The summed E-state index contributed by atoms with van der Waals surface area (Å²) in [5.74, 6) is -0.109. The van der Waals surface area contributed by atoms with Gasteiger partial charge in [0.15, 0.2) is 0 Å². The van der Waals surface area contributed by atoms with Gasteiger partial charge in [-0.05, 0) is 55.3 Å². The van der Waals surface area contributed by atoms with Gasteiger partial charge >= 0.3 is 0 Å². The number of benzene rings is 2. The van der Waals surface area contributed by atoms with Gasteiger partial charge in [-0.25, -0.2) is 0 Å². The fourth-order valence-electron chi connectivity index (χ4n) is 3.42. The molecule has 2 aromatic carbocycles. The highest BCUT2D eigenvalue weighted by Gasteiger charge is 2.25. The predicted octanol–water partition coefficient (Wildman–Crippen LogP) is 6.21. The van der Waals surface area contributed by atoms with Crippen LogP contribution < -0.4 is 10.6 Å². The smallest absolute Gasteiger partial charge is 0.256 e. The number of carbonyl (C=O) groups is 1. The SMILES string of the molecule is Cc1sc(NC(=O)c2ccccc2)c([C@H](Nc2ccccc2)c2cccnc2)c1C. The third kappa shape index (κ3) is 4.26.